The zero-order valence-electron chi connectivity index (χ0n) is 13.0. The third-order valence-corrected chi connectivity index (χ3v) is 5.59. The number of amides is 1. The molecule has 1 aromatic rings. The molecular formula is C17H21F2NO3. The fourth-order valence-corrected chi connectivity index (χ4v) is 3.99. The molecule has 0 N–H and O–H groups in total. The predicted molar refractivity (Wildman–Crippen MR) is 78.2 cm³/mol. The van der Waals surface area contributed by atoms with Crippen LogP contribution in [-0.4, -0.2) is 42.0 Å². The molecule has 1 saturated carbocycles. The van der Waals surface area contributed by atoms with Gasteiger partial charge in [-0.25, -0.2) is 8.78 Å². The molecule has 3 fully saturated rings. The average molecular weight is 325 g/mol. The van der Waals surface area contributed by atoms with Crippen molar-refractivity contribution in [2.45, 2.75) is 49.5 Å². The molecule has 1 amide bonds. The molecule has 1 spiro atoms. The standard InChI is InChI=1S/C17H21F2NO3/c18-17(19)4-3-12(13(10-17)14-2-1-9-22-14)15(21)20-7-5-16(6-8-20)11-23-16/h1-2,9,12-13H,3-8,10-11H2/t12-,13-/m1/s1. The van der Waals surface area contributed by atoms with Gasteiger partial charge in [-0.3, -0.25) is 4.79 Å². The summed E-state index contributed by atoms with van der Waals surface area (Å²) < 4.78 is 38.5. The molecule has 3 heterocycles. The summed E-state index contributed by atoms with van der Waals surface area (Å²) in [5.41, 5.74) is 0.0107. The number of piperidine rings is 1. The second kappa shape index (κ2) is 5.30. The number of ether oxygens (including phenoxy) is 1. The summed E-state index contributed by atoms with van der Waals surface area (Å²) in [7, 11) is 0. The molecule has 3 aliphatic rings. The van der Waals surface area contributed by atoms with Gasteiger partial charge < -0.3 is 14.1 Å². The fraction of sp³-hybridized carbons (Fsp3) is 0.706. The van der Waals surface area contributed by atoms with Gasteiger partial charge >= 0.3 is 0 Å². The first kappa shape index (κ1) is 15.1. The number of carbonyl (C=O) groups excluding carboxylic acids is 1. The quantitative estimate of drug-likeness (QED) is 0.785. The van der Waals surface area contributed by atoms with Crippen molar-refractivity contribution >= 4 is 5.91 Å². The van der Waals surface area contributed by atoms with Crippen LogP contribution in [0.15, 0.2) is 22.8 Å². The second-order valence-electron chi connectivity index (χ2n) is 7.12. The highest BCUT2D eigenvalue weighted by Gasteiger charge is 2.50. The molecule has 1 aromatic heterocycles. The first-order valence-electron chi connectivity index (χ1n) is 8.32. The zero-order valence-corrected chi connectivity index (χ0v) is 13.0. The van der Waals surface area contributed by atoms with Crippen LogP contribution in [0.25, 0.3) is 0 Å². The molecule has 2 aliphatic heterocycles. The summed E-state index contributed by atoms with van der Waals surface area (Å²) in [6.07, 6.45) is 2.88. The summed E-state index contributed by atoms with van der Waals surface area (Å²) in [6.45, 7) is 2.12. The molecular weight excluding hydrogens is 304 g/mol. The van der Waals surface area contributed by atoms with E-state index in [1.54, 1.807) is 12.1 Å². The molecule has 1 aliphatic carbocycles. The van der Waals surface area contributed by atoms with Crippen LogP contribution in [0.5, 0.6) is 0 Å². The van der Waals surface area contributed by atoms with Gasteiger partial charge in [0.2, 0.25) is 11.8 Å². The monoisotopic (exact) mass is 325 g/mol. The Morgan fingerprint density at radius 3 is 2.61 bits per heavy atom. The van der Waals surface area contributed by atoms with E-state index in [2.05, 4.69) is 0 Å². The Labute approximate surface area is 133 Å². The maximum atomic E-state index is 13.9. The minimum absolute atomic E-state index is 0.00241. The van der Waals surface area contributed by atoms with Crippen molar-refractivity contribution in [1.82, 2.24) is 4.90 Å². The van der Waals surface area contributed by atoms with Crippen LogP contribution in [0.4, 0.5) is 8.78 Å². The zero-order chi connectivity index (χ0) is 16.1. The summed E-state index contributed by atoms with van der Waals surface area (Å²) >= 11 is 0. The molecule has 0 bridgehead atoms. The number of rotatable bonds is 2. The van der Waals surface area contributed by atoms with Crippen molar-refractivity contribution in [3.63, 3.8) is 0 Å². The van der Waals surface area contributed by atoms with Crippen molar-refractivity contribution in [2.24, 2.45) is 5.92 Å². The SMILES string of the molecule is O=C([C@@H]1CCC(F)(F)C[C@H]1c1ccco1)N1CCC2(CC1)CO2. The van der Waals surface area contributed by atoms with E-state index in [0.717, 1.165) is 19.4 Å². The van der Waals surface area contributed by atoms with E-state index in [-0.39, 0.29) is 30.8 Å². The number of hydrogen-bond acceptors (Lipinski definition) is 3. The Morgan fingerprint density at radius 2 is 2.00 bits per heavy atom. The lowest BCUT2D eigenvalue weighted by molar-refractivity contribution is -0.143. The highest BCUT2D eigenvalue weighted by atomic mass is 19.3. The molecule has 2 atom stereocenters. The van der Waals surface area contributed by atoms with E-state index in [9.17, 15) is 13.6 Å². The Bertz CT molecular complexity index is 573. The largest absolute Gasteiger partial charge is 0.469 e. The molecule has 4 nitrogen and oxygen atoms in total. The van der Waals surface area contributed by atoms with Gasteiger partial charge in [0.1, 0.15) is 5.76 Å². The van der Waals surface area contributed by atoms with Crippen molar-refractivity contribution in [3.8, 4) is 0 Å². The lowest BCUT2D eigenvalue weighted by atomic mass is 9.75. The topological polar surface area (TPSA) is 46.0 Å². The summed E-state index contributed by atoms with van der Waals surface area (Å²) in [5.74, 6) is -3.16. The van der Waals surface area contributed by atoms with Gasteiger partial charge in [-0.15, -0.1) is 0 Å². The third-order valence-electron chi connectivity index (χ3n) is 5.59. The molecule has 0 radical (unpaired) electrons. The van der Waals surface area contributed by atoms with Gasteiger partial charge in [-0.05, 0) is 31.4 Å². The van der Waals surface area contributed by atoms with E-state index in [1.165, 1.54) is 6.26 Å². The van der Waals surface area contributed by atoms with Gasteiger partial charge in [0, 0.05) is 37.8 Å². The van der Waals surface area contributed by atoms with Crippen LogP contribution < -0.4 is 0 Å². The first-order valence-corrected chi connectivity index (χ1v) is 8.32. The van der Waals surface area contributed by atoms with Crippen molar-refractivity contribution < 1.29 is 22.7 Å². The maximum absolute atomic E-state index is 13.9. The lowest BCUT2D eigenvalue weighted by Crippen LogP contribution is -2.47. The van der Waals surface area contributed by atoms with E-state index in [4.69, 9.17) is 9.15 Å². The van der Waals surface area contributed by atoms with Crippen molar-refractivity contribution in [3.05, 3.63) is 24.2 Å². The summed E-state index contributed by atoms with van der Waals surface area (Å²) in [5, 5.41) is 0. The lowest BCUT2D eigenvalue weighted by Gasteiger charge is -2.39. The van der Waals surface area contributed by atoms with Gasteiger partial charge in [0.15, 0.2) is 0 Å². The number of epoxide rings is 1. The number of nitrogens with zero attached hydrogens (tertiary/aromatic N) is 1. The number of furan rings is 1. The van der Waals surface area contributed by atoms with Crippen LogP contribution in [0.3, 0.4) is 0 Å². The van der Waals surface area contributed by atoms with Crippen molar-refractivity contribution in [2.75, 3.05) is 19.7 Å². The van der Waals surface area contributed by atoms with Crippen molar-refractivity contribution in [1.29, 1.82) is 0 Å². The minimum Gasteiger partial charge on any atom is -0.469 e. The number of carbonyl (C=O) groups is 1. The van der Waals surface area contributed by atoms with E-state index < -0.39 is 17.8 Å². The van der Waals surface area contributed by atoms with Crippen LogP contribution >= 0.6 is 0 Å². The van der Waals surface area contributed by atoms with Gasteiger partial charge in [-0.1, -0.05) is 0 Å². The third kappa shape index (κ3) is 2.89. The number of hydrogen-bond donors (Lipinski definition) is 0. The second-order valence-corrected chi connectivity index (χ2v) is 7.12. The molecule has 4 rings (SSSR count). The molecule has 6 heteroatoms. The highest BCUT2D eigenvalue weighted by Crippen LogP contribution is 2.47. The van der Waals surface area contributed by atoms with E-state index in [0.29, 0.717) is 18.8 Å². The smallest absolute Gasteiger partial charge is 0.248 e. The predicted octanol–water partition coefficient (Wildman–Crippen LogP) is 3.19. The minimum atomic E-state index is -2.72. The van der Waals surface area contributed by atoms with E-state index in [1.807, 2.05) is 4.90 Å². The summed E-state index contributed by atoms with van der Waals surface area (Å²) in [6, 6.07) is 3.40. The Kier molecular flexibility index (Phi) is 3.48. The Balaban J connectivity index is 1.50. The van der Waals surface area contributed by atoms with E-state index >= 15 is 0 Å². The summed E-state index contributed by atoms with van der Waals surface area (Å²) in [4.78, 5) is 14.7. The molecule has 0 unspecified atom stereocenters. The Hall–Kier alpha value is -1.43. The molecule has 126 valence electrons. The molecule has 0 aromatic carbocycles. The van der Waals surface area contributed by atoms with Gasteiger partial charge in [-0.2, -0.15) is 0 Å². The number of alkyl halides is 2. The normalized spacial score (nSPS) is 32.0. The van der Waals surface area contributed by atoms with Gasteiger partial charge in [0.25, 0.3) is 0 Å². The van der Waals surface area contributed by atoms with Crippen LogP contribution in [0.2, 0.25) is 0 Å². The molecule has 2 saturated heterocycles. The average Bonchev–Trinajstić information content (AvgIpc) is 3.07. The van der Waals surface area contributed by atoms with Gasteiger partial charge in [0.05, 0.1) is 18.5 Å². The Morgan fingerprint density at radius 1 is 1.26 bits per heavy atom. The van der Waals surface area contributed by atoms with Crippen LogP contribution in [-0.2, 0) is 9.53 Å². The number of likely N-dealkylation sites (tertiary alicyclic amines) is 1. The highest BCUT2D eigenvalue weighted by molar-refractivity contribution is 5.80. The van der Waals surface area contributed by atoms with Crippen LogP contribution in [0, 0.1) is 5.92 Å². The van der Waals surface area contributed by atoms with Crippen LogP contribution in [0.1, 0.15) is 43.8 Å². The fourth-order valence-electron chi connectivity index (χ4n) is 3.99. The maximum Gasteiger partial charge on any atom is 0.248 e. The molecule has 23 heavy (non-hydrogen) atoms. The number of halogens is 2. The first-order chi connectivity index (χ1) is 11.0.